The highest BCUT2D eigenvalue weighted by Crippen LogP contribution is 2.34. The number of rotatable bonds is 4. The van der Waals surface area contributed by atoms with E-state index >= 15 is 0 Å². The lowest BCUT2D eigenvalue weighted by atomic mass is 10.1. The molecule has 124 valence electrons. The quantitative estimate of drug-likeness (QED) is 0.763. The average molecular weight is 330 g/mol. The number of anilines is 2. The predicted octanol–water partition coefficient (Wildman–Crippen LogP) is 0.155. The summed E-state index contributed by atoms with van der Waals surface area (Å²) < 4.78 is 5.52. The summed E-state index contributed by atoms with van der Waals surface area (Å²) in [5.41, 5.74) is 0.789. The molecule has 1 unspecified atom stereocenters. The first kappa shape index (κ1) is 15.6. The Bertz CT molecular complexity index is 804. The van der Waals surface area contributed by atoms with Crippen LogP contribution in [0.1, 0.15) is 24.2 Å². The van der Waals surface area contributed by atoms with Crippen molar-refractivity contribution in [3.8, 4) is 5.75 Å². The van der Waals surface area contributed by atoms with Crippen molar-refractivity contribution in [2.45, 2.75) is 20.0 Å². The molecule has 1 aliphatic heterocycles. The number of benzene rings is 1. The van der Waals surface area contributed by atoms with Crippen molar-refractivity contribution in [2.75, 3.05) is 16.8 Å². The molecule has 1 atom stereocenters. The van der Waals surface area contributed by atoms with Gasteiger partial charge in [-0.05, 0) is 37.3 Å². The molecule has 2 N–H and O–H groups in total. The molecule has 0 radical (unpaired) electrons. The van der Waals surface area contributed by atoms with Crippen molar-refractivity contribution in [2.24, 2.45) is 0 Å². The molecule has 0 saturated carbocycles. The minimum absolute atomic E-state index is 0.00599. The Labute approximate surface area is 136 Å². The number of nitrogens with zero attached hydrogens (tertiary/aromatic N) is 4. The van der Waals surface area contributed by atoms with E-state index in [0.29, 0.717) is 17.0 Å². The second kappa shape index (κ2) is 6.07. The van der Waals surface area contributed by atoms with Crippen molar-refractivity contribution in [3.63, 3.8) is 0 Å². The zero-order valence-electron chi connectivity index (χ0n) is 12.9. The Kier molecular flexibility index (Phi) is 3.94. The Morgan fingerprint density at radius 3 is 2.88 bits per heavy atom. The van der Waals surface area contributed by atoms with Crippen molar-refractivity contribution in [1.82, 2.24) is 20.6 Å². The zero-order chi connectivity index (χ0) is 17.3. The Hall–Kier alpha value is -3.30. The molecule has 1 aromatic carbocycles. The molecule has 0 spiro atoms. The number of ketones is 1. The summed E-state index contributed by atoms with van der Waals surface area (Å²) in [7, 11) is 0. The van der Waals surface area contributed by atoms with Gasteiger partial charge in [0.15, 0.2) is 11.9 Å². The summed E-state index contributed by atoms with van der Waals surface area (Å²) in [6.45, 7) is 2.74. The summed E-state index contributed by atoms with van der Waals surface area (Å²) >= 11 is 0. The van der Waals surface area contributed by atoms with Crippen molar-refractivity contribution < 1.29 is 19.1 Å². The van der Waals surface area contributed by atoms with Crippen LogP contribution in [-0.2, 0) is 9.59 Å². The van der Waals surface area contributed by atoms with Crippen LogP contribution in [0.3, 0.4) is 0 Å². The maximum absolute atomic E-state index is 12.4. The summed E-state index contributed by atoms with van der Waals surface area (Å²) in [4.78, 5) is 37.4. The first-order chi connectivity index (χ1) is 11.5. The minimum atomic E-state index is -0.737. The fourth-order valence-corrected chi connectivity index (χ4v) is 2.31. The SMILES string of the molecule is CC(=O)c1ccc2c(c1)N(CC(=O)Nc1nn[nH]n1)C(=O)C(C)O2. The molecule has 10 nitrogen and oxygen atoms in total. The van der Waals surface area contributed by atoms with Gasteiger partial charge in [0, 0.05) is 5.56 Å². The average Bonchev–Trinajstić information content (AvgIpc) is 3.04. The summed E-state index contributed by atoms with van der Waals surface area (Å²) in [6.07, 6.45) is -0.737. The van der Waals surface area contributed by atoms with Crippen LogP contribution in [0.2, 0.25) is 0 Å². The van der Waals surface area contributed by atoms with E-state index in [1.54, 1.807) is 19.1 Å². The first-order valence-electron chi connectivity index (χ1n) is 7.12. The van der Waals surface area contributed by atoms with Crippen LogP contribution in [0.5, 0.6) is 5.75 Å². The normalized spacial score (nSPS) is 16.3. The lowest BCUT2D eigenvalue weighted by Gasteiger charge is -2.32. The smallest absolute Gasteiger partial charge is 0.269 e. The van der Waals surface area contributed by atoms with Gasteiger partial charge in [-0.3, -0.25) is 24.6 Å². The summed E-state index contributed by atoms with van der Waals surface area (Å²) in [5, 5.41) is 15.2. The number of H-pyrrole nitrogens is 1. The second-order valence-corrected chi connectivity index (χ2v) is 5.21. The zero-order valence-corrected chi connectivity index (χ0v) is 12.9. The minimum Gasteiger partial charge on any atom is -0.479 e. The maximum atomic E-state index is 12.4. The molecule has 0 saturated heterocycles. The third-order valence-electron chi connectivity index (χ3n) is 3.47. The van der Waals surface area contributed by atoms with Crippen LogP contribution in [-0.4, -0.2) is 50.9 Å². The van der Waals surface area contributed by atoms with Crippen LogP contribution in [0.15, 0.2) is 18.2 Å². The van der Waals surface area contributed by atoms with Gasteiger partial charge < -0.3 is 4.74 Å². The standard InChI is InChI=1S/C14H14N6O4/c1-7(21)9-3-4-11-10(5-9)20(13(23)8(2)24-11)6-12(22)15-14-16-18-19-17-14/h3-5,8H,6H2,1-2H3,(H2,15,16,17,18,19,22). The topological polar surface area (TPSA) is 130 Å². The lowest BCUT2D eigenvalue weighted by Crippen LogP contribution is -2.47. The second-order valence-electron chi connectivity index (χ2n) is 5.21. The van der Waals surface area contributed by atoms with Gasteiger partial charge in [-0.1, -0.05) is 5.10 Å². The highest BCUT2D eigenvalue weighted by atomic mass is 16.5. The molecular weight excluding hydrogens is 316 g/mol. The number of Topliss-reactive ketones (excluding diaryl/α,β-unsaturated/α-hetero) is 1. The number of carbonyl (C=O) groups is 3. The van der Waals surface area contributed by atoms with Crippen LogP contribution in [0.25, 0.3) is 0 Å². The van der Waals surface area contributed by atoms with Gasteiger partial charge in [-0.2, -0.15) is 5.21 Å². The van der Waals surface area contributed by atoms with Gasteiger partial charge in [0.05, 0.1) is 5.69 Å². The number of nitrogens with one attached hydrogen (secondary N) is 2. The van der Waals surface area contributed by atoms with Crippen LogP contribution in [0.4, 0.5) is 11.6 Å². The number of ether oxygens (including phenoxy) is 1. The number of amides is 2. The molecule has 0 bridgehead atoms. The first-order valence-corrected chi connectivity index (χ1v) is 7.12. The van der Waals surface area contributed by atoms with E-state index in [1.807, 2.05) is 0 Å². The number of aromatic amines is 1. The van der Waals surface area contributed by atoms with Crippen LogP contribution in [0, 0.1) is 0 Å². The molecule has 0 fully saturated rings. The number of hydrogen-bond acceptors (Lipinski definition) is 7. The Morgan fingerprint density at radius 1 is 1.42 bits per heavy atom. The number of carbonyl (C=O) groups excluding carboxylic acids is 3. The van der Waals surface area contributed by atoms with Crippen molar-refractivity contribution >= 4 is 29.2 Å². The van der Waals surface area contributed by atoms with Gasteiger partial charge >= 0.3 is 0 Å². The Morgan fingerprint density at radius 2 is 2.21 bits per heavy atom. The van der Waals surface area contributed by atoms with E-state index in [1.165, 1.54) is 17.9 Å². The van der Waals surface area contributed by atoms with Gasteiger partial charge in [0.1, 0.15) is 12.3 Å². The van der Waals surface area contributed by atoms with E-state index < -0.39 is 12.0 Å². The fraction of sp³-hybridized carbons (Fsp3) is 0.286. The van der Waals surface area contributed by atoms with E-state index in [9.17, 15) is 14.4 Å². The monoisotopic (exact) mass is 330 g/mol. The van der Waals surface area contributed by atoms with Crippen LogP contribution >= 0.6 is 0 Å². The van der Waals surface area contributed by atoms with Crippen molar-refractivity contribution in [1.29, 1.82) is 0 Å². The van der Waals surface area contributed by atoms with Gasteiger partial charge in [-0.15, -0.1) is 5.10 Å². The molecule has 10 heteroatoms. The van der Waals surface area contributed by atoms with Crippen molar-refractivity contribution in [3.05, 3.63) is 23.8 Å². The molecule has 1 aliphatic rings. The number of aromatic nitrogens is 4. The highest BCUT2D eigenvalue weighted by molar-refractivity contribution is 6.07. The molecule has 1 aromatic heterocycles. The largest absolute Gasteiger partial charge is 0.479 e. The number of tetrazole rings is 1. The molecular formula is C14H14N6O4. The third-order valence-corrected chi connectivity index (χ3v) is 3.47. The van der Waals surface area contributed by atoms with E-state index in [2.05, 4.69) is 25.9 Å². The van der Waals surface area contributed by atoms with Gasteiger partial charge in [-0.25, -0.2) is 0 Å². The molecule has 2 heterocycles. The highest BCUT2D eigenvalue weighted by Gasteiger charge is 2.33. The van der Waals surface area contributed by atoms with E-state index in [4.69, 9.17) is 4.74 Å². The van der Waals surface area contributed by atoms with Gasteiger partial charge in [0.2, 0.25) is 5.91 Å². The maximum Gasteiger partial charge on any atom is 0.269 e. The fourth-order valence-electron chi connectivity index (χ4n) is 2.31. The van der Waals surface area contributed by atoms with Gasteiger partial charge in [0.25, 0.3) is 11.9 Å². The molecule has 0 aliphatic carbocycles. The molecule has 3 rings (SSSR count). The predicted molar refractivity (Wildman–Crippen MR) is 81.7 cm³/mol. The third kappa shape index (κ3) is 2.93. The Balaban J connectivity index is 1.88. The summed E-state index contributed by atoms with van der Waals surface area (Å²) in [5.74, 6) is -0.601. The van der Waals surface area contributed by atoms with E-state index in [0.717, 1.165) is 0 Å². The van der Waals surface area contributed by atoms with Crippen LogP contribution < -0.4 is 15.0 Å². The number of fused-ring (bicyclic) bond motifs is 1. The summed E-state index contributed by atoms with van der Waals surface area (Å²) in [6, 6.07) is 4.75. The molecule has 24 heavy (non-hydrogen) atoms. The molecule has 2 aromatic rings. The van der Waals surface area contributed by atoms with E-state index in [-0.39, 0.29) is 24.2 Å². The lowest BCUT2D eigenvalue weighted by molar-refractivity contribution is -0.127. The molecule has 2 amide bonds. The number of hydrogen-bond donors (Lipinski definition) is 2.